The van der Waals surface area contributed by atoms with Crippen molar-refractivity contribution in [1.29, 1.82) is 0 Å². The van der Waals surface area contributed by atoms with Crippen LogP contribution >= 0.6 is 0 Å². The highest BCUT2D eigenvalue weighted by Gasteiger charge is 2.52. The normalized spacial score (nSPS) is 19.6. The lowest BCUT2D eigenvalue weighted by Crippen LogP contribution is -2.62. The van der Waals surface area contributed by atoms with Crippen molar-refractivity contribution < 1.29 is 22.8 Å². The molecule has 2 amide bonds. The van der Waals surface area contributed by atoms with E-state index in [1.807, 2.05) is 17.0 Å². The molecular weight excluding hydrogens is 431 g/mol. The Morgan fingerprint density at radius 3 is 2.42 bits per heavy atom. The molecule has 1 spiro atoms. The Kier molecular flexibility index (Phi) is 5.43. The van der Waals surface area contributed by atoms with Gasteiger partial charge in [0.1, 0.15) is 5.54 Å². The maximum Gasteiger partial charge on any atom is 0.416 e. The fourth-order valence-electron chi connectivity index (χ4n) is 5.28. The molecule has 0 saturated heterocycles. The summed E-state index contributed by atoms with van der Waals surface area (Å²) in [4.78, 5) is 30.4. The van der Waals surface area contributed by atoms with Gasteiger partial charge in [0.05, 0.1) is 23.5 Å². The molecule has 3 aliphatic rings. The van der Waals surface area contributed by atoms with Crippen molar-refractivity contribution in [2.24, 2.45) is 0 Å². The summed E-state index contributed by atoms with van der Waals surface area (Å²) in [5.41, 5.74) is -0.177. The predicted molar refractivity (Wildman–Crippen MR) is 119 cm³/mol. The summed E-state index contributed by atoms with van der Waals surface area (Å²) < 4.78 is 40.6. The quantitative estimate of drug-likeness (QED) is 0.690. The monoisotopic (exact) mass is 457 g/mol. The second-order valence-electron chi connectivity index (χ2n) is 9.23. The third-order valence-corrected chi connectivity index (χ3v) is 7.02. The van der Waals surface area contributed by atoms with Crippen LogP contribution in [0, 0.1) is 0 Å². The third kappa shape index (κ3) is 4.01. The van der Waals surface area contributed by atoms with E-state index in [2.05, 4.69) is 5.32 Å². The van der Waals surface area contributed by atoms with Gasteiger partial charge in [0.2, 0.25) is 5.91 Å². The first kappa shape index (κ1) is 21.9. The fraction of sp³-hybridized carbons (Fsp3) is 0.440. The zero-order chi connectivity index (χ0) is 23.2. The summed E-state index contributed by atoms with van der Waals surface area (Å²) >= 11 is 0. The summed E-state index contributed by atoms with van der Waals surface area (Å²) in [6.07, 6.45) is 0.120. The minimum absolute atomic E-state index is 0.0276. The molecule has 5 nitrogen and oxygen atoms in total. The fourth-order valence-corrected chi connectivity index (χ4v) is 5.28. The summed E-state index contributed by atoms with van der Waals surface area (Å²) in [6, 6.07) is 12.8. The zero-order valence-electron chi connectivity index (χ0n) is 18.2. The van der Waals surface area contributed by atoms with Crippen LogP contribution < -0.4 is 10.2 Å². The van der Waals surface area contributed by atoms with E-state index in [9.17, 15) is 22.8 Å². The van der Waals surface area contributed by atoms with E-state index in [0.29, 0.717) is 24.2 Å². The molecule has 8 heteroatoms. The topological polar surface area (TPSA) is 52.7 Å². The molecule has 0 unspecified atom stereocenters. The Hall–Kier alpha value is -2.87. The number of alkyl halides is 3. The van der Waals surface area contributed by atoms with Crippen LogP contribution in [-0.2, 0) is 22.3 Å². The van der Waals surface area contributed by atoms with Gasteiger partial charge < -0.3 is 5.32 Å². The number of halogens is 3. The first-order valence-corrected chi connectivity index (χ1v) is 11.4. The summed E-state index contributed by atoms with van der Waals surface area (Å²) in [7, 11) is 0. The molecule has 2 fully saturated rings. The number of rotatable bonds is 5. The van der Waals surface area contributed by atoms with E-state index < -0.39 is 17.3 Å². The zero-order valence-corrected chi connectivity index (χ0v) is 18.2. The standard InChI is InChI=1S/C25H26F3N3O2/c26-25(27,28)19-8-2-1-7-17(19)15-30(18-11-12-18)16-22(32)31-21-10-4-3-9-20(21)29-23(33)24(31)13-5-6-14-24/h1-4,7-10,18H,5-6,11-16H2,(H,29,33). The minimum Gasteiger partial charge on any atom is -0.322 e. The van der Waals surface area contributed by atoms with Gasteiger partial charge in [-0.25, -0.2) is 0 Å². The molecule has 33 heavy (non-hydrogen) atoms. The van der Waals surface area contributed by atoms with Crippen molar-refractivity contribution in [3.05, 3.63) is 59.7 Å². The van der Waals surface area contributed by atoms with E-state index in [1.165, 1.54) is 12.1 Å². The molecule has 2 aliphatic carbocycles. The van der Waals surface area contributed by atoms with Crippen LogP contribution in [0.3, 0.4) is 0 Å². The van der Waals surface area contributed by atoms with Gasteiger partial charge in [0.25, 0.3) is 5.91 Å². The number of nitrogens with zero attached hydrogens (tertiary/aromatic N) is 2. The predicted octanol–water partition coefficient (Wildman–Crippen LogP) is 4.97. The SMILES string of the molecule is O=C(CN(Cc1ccccc1C(F)(F)F)C1CC1)N1c2ccccc2NC(=O)C12CCCC2. The van der Waals surface area contributed by atoms with Crippen molar-refractivity contribution in [1.82, 2.24) is 4.90 Å². The molecule has 1 aliphatic heterocycles. The number of hydrogen-bond acceptors (Lipinski definition) is 3. The number of para-hydroxylation sites is 2. The lowest BCUT2D eigenvalue weighted by Gasteiger charge is -2.45. The average molecular weight is 457 g/mol. The maximum atomic E-state index is 13.8. The van der Waals surface area contributed by atoms with Crippen molar-refractivity contribution in [2.45, 2.75) is 62.8 Å². The molecule has 2 aromatic carbocycles. The minimum atomic E-state index is -4.45. The highest BCUT2D eigenvalue weighted by molar-refractivity contribution is 6.15. The molecule has 0 atom stereocenters. The molecule has 174 valence electrons. The van der Waals surface area contributed by atoms with Gasteiger partial charge >= 0.3 is 6.18 Å². The Labute approximate surface area is 190 Å². The van der Waals surface area contributed by atoms with Gasteiger partial charge in [-0.05, 0) is 49.4 Å². The van der Waals surface area contributed by atoms with E-state index in [-0.39, 0.29) is 36.5 Å². The van der Waals surface area contributed by atoms with Crippen LogP contribution in [0.15, 0.2) is 48.5 Å². The van der Waals surface area contributed by atoms with Crippen LogP contribution in [0.25, 0.3) is 0 Å². The largest absolute Gasteiger partial charge is 0.416 e. The Balaban J connectivity index is 1.45. The number of carbonyl (C=O) groups excluding carboxylic acids is 2. The number of benzene rings is 2. The van der Waals surface area contributed by atoms with E-state index in [4.69, 9.17) is 0 Å². The molecule has 1 heterocycles. The molecule has 2 aromatic rings. The number of fused-ring (bicyclic) bond motifs is 1. The van der Waals surface area contributed by atoms with Gasteiger partial charge in [-0.1, -0.05) is 43.2 Å². The van der Waals surface area contributed by atoms with Crippen LogP contribution in [0.4, 0.5) is 24.5 Å². The second-order valence-corrected chi connectivity index (χ2v) is 9.23. The van der Waals surface area contributed by atoms with Crippen molar-refractivity contribution in [2.75, 3.05) is 16.8 Å². The Morgan fingerprint density at radius 2 is 1.73 bits per heavy atom. The number of hydrogen-bond donors (Lipinski definition) is 1. The summed E-state index contributed by atoms with van der Waals surface area (Å²) in [5, 5.41) is 2.96. The van der Waals surface area contributed by atoms with Crippen molar-refractivity contribution >= 4 is 23.2 Å². The molecule has 5 rings (SSSR count). The number of anilines is 2. The smallest absolute Gasteiger partial charge is 0.322 e. The summed E-state index contributed by atoms with van der Waals surface area (Å²) in [6.45, 7) is 0.0149. The molecule has 2 saturated carbocycles. The van der Waals surface area contributed by atoms with Crippen LogP contribution in [-0.4, -0.2) is 34.8 Å². The number of nitrogens with one attached hydrogen (secondary N) is 1. The van der Waals surface area contributed by atoms with Gasteiger partial charge in [0.15, 0.2) is 0 Å². The van der Waals surface area contributed by atoms with Gasteiger partial charge in [-0.15, -0.1) is 0 Å². The average Bonchev–Trinajstić information content (AvgIpc) is 3.52. The van der Waals surface area contributed by atoms with Crippen molar-refractivity contribution in [3.63, 3.8) is 0 Å². The third-order valence-electron chi connectivity index (χ3n) is 7.02. The van der Waals surface area contributed by atoms with Gasteiger partial charge in [-0.3, -0.25) is 19.4 Å². The Morgan fingerprint density at radius 1 is 1.06 bits per heavy atom. The molecule has 0 radical (unpaired) electrons. The lowest BCUT2D eigenvalue weighted by molar-refractivity contribution is -0.138. The number of amides is 2. The maximum absolute atomic E-state index is 13.8. The summed E-state index contributed by atoms with van der Waals surface area (Å²) in [5.74, 6) is -0.414. The molecule has 0 aromatic heterocycles. The van der Waals surface area contributed by atoms with Crippen LogP contribution in [0.1, 0.15) is 49.7 Å². The highest BCUT2D eigenvalue weighted by Crippen LogP contribution is 2.45. The van der Waals surface area contributed by atoms with Gasteiger partial charge in [-0.2, -0.15) is 13.2 Å². The van der Waals surface area contributed by atoms with Crippen molar-refractivity contribution in [3.8, 4) is 0 Å². The first-order valence-electron chi connectivity index (χ1n) is 11.4. The molecule has 0 bridgehead atoms. The van der Waals surface area contributed by atoms with Crippen LogP contribution in [0.5, 0.6) is 0 Å². The highest BCUT2D eigenvalue weighted by atomic mass is 19.4. The first-order chi connectivity index (χ1) is 15.8. The second kappa shape index (κ2) is 8.17. The van der Waals surface area contributed by atoms with E-state index in [0.717, 1.165) is 31.7 Å². The Bertz CT molecular complexity index is 1070. The van der Waals surface area contributed by atoms with E-state index >= 15 is 0 Å². The van der Waals surface area contributed by atoms with Crippen LogP contribution in [0.2, 0.25) is 0 Å². The van der Waals surface area contributed by atoms with E-state index in [1.54, 1.807) is 23.1 Å². The number of carbonyl (C=O) groups is 2. The molecule has 1 N–H and O–H groups in total. The lowest BCUT2D eigenvalue weighted by atomic mass is 9.89. The molecular formula is C25H26F3N3O2. The van der Waals surface area contributed by atoms with Gasteiger partial charge in [0, 0.05) is 12.6 Å².